The van der Waals surface area contributed by atoms with E-state index in [1.165, 1.54) is 6.07 Å². The van der Waals surface area contributed by atoms with Crippen molar-refractivity contribution >= 4 is 0 Å². The van der Waals surface area contributed by atoms with Crippen LogP contribution in [0, 0.1) is 5.92 Å². The summed E-state index contributed by atoms with van der Waals surface area (Å²) in [5.74, 6) is 0.167. The number of ether oxygens (including phenoxy) is 3. The van der Waals surface area contributed by atoms with Crippen molar-refractivity contribution in [1.82, 2.24) is 4.98 Å². The number of aromatic nitrogens is 1. The van der Waals surface area contributed by atoms with Gasteiger partial charge in [-0.1, -0.05) is 0 Å². The van der Waals surface area contributed by atoms with Crippen LogP contribution in [-0.2, 0) is 9.47 Å². The lowest BCUT2D eigenvalue weighted by Crippen LogP contribution is -2.25. The lowest BCUT2D eigenvalue weighted by atomic mass is 10.0. The maximum atomic E-state index is 9.42. The Morgan fingerprint density at radius 2 is 2.25 bits per heavy atom. The largest absolute Gasteiger partial charge is 0.494 e. The third kappa shape index (κ3) is 1.50. The van der Waals surface area contributed by atoms with Crippen molar-refractivity contribution in [3.05, 3.63) is 6.07 Å². The first kappa shape index (κ1) is 9.80. The van der Waals surface area contributed by atoms with Crippen molar-refractivity contribution in [1.29, 1.82) is 0 Å². The van der Waals surface area contributed by atoms with Crippen LogP contribution in [0.3, 0.4) is 0 Å². The number of hydrogen-bond acceptors (Lipinski definition) is 5. The molecule has 0 spiro atoms. The zero-order chi connectivity index (χ0) is 11.1. The summed E-state index contributed by atoms with van der Waals surface area (Å²) >= 11 is 0. The average Bonchev–Trinajstić information content (AvgIpc) is 2.86. The summed E-state index contributed by atoms with van der Waals surface area (Å²) in [4.78, 5) is 2.36. The minimum Gasteiger partial charge on any atom is -0.494 e. The van der Waals surface area contributed by atoms with E-state index in [0.29, 0.717) is 13.2 Å². The predicted molar refractivity (Wildman–Crippen MR) is 52.3 cm³/mol. The predicted octanol–water partition coefficient (Wildman–Crippen LogP) is 0.566. The Hall–Kier alpha value is -1.40. The van der Waals surface area contributed by atoms with Gasteiger partial charge in [0, 0.05) is 6.07 Å². The fraction of sp³-hybridized carbons (Fsp3) is 0.600. The van der Waals surface area contributed by atoms with Crippen LogP contribution in [0.4, 0.5) is 0 Å². The van der Waals surface area contributed by atoms with Crippen LogP contribution in [0.15, 0.2) is 6.07 Å². The SMILES string of the molecule is Oc1cc(OC2CO[C@H]3OCC[C@@H]23)c(O)[nH]1. The molecule has 6 nitrogen and oxygen atoms in total. The lowest BCUT2D eigenvalue weighted by Gasteiger charge is -2.15. The van der Waals surface area contributed by atoms with Crippen molar-refractivity contribution in [3.8, 4) is 17.5 Å². The van der Waals surface area contributed by atoms with Gasteiger partial charge in [-0.2, -0.15) is 0 Å². The molecule has 3 atom stereocenters. The van der Waals surface area contributed by atoms with Crippen molar-refractivity contribution in [3.63, 3.8) is 0 Å². The third-order valence-corrected chi connectivity index (χ3v) is 3.01. The van der Waals surface area contributed by atoms with Gasteiger partial charge in [0.05, 0.1) is 19.1 Å². The molecule has 0 aromatic carbocycles. The first-order valence-corrected chi connectivity index (χ1v) is 5.25. The van der Waals surface area contributed by atoms with E-state index >= 15 is 0 Å². The first-order chi connectivity index (χ1) is 7.74. The molecule has 16 heavy (non-hydrogen) atoms. The van der Waals surface area contributed by atoms with Gasteiger partial charge in [0.1, 0.15) is 6.10 Å². The van der Waals surface area contributed by atoms with Crippen molar-refractivity contribution in [2.45, 2.75) is 18.8 Å². The number of rotatable bonds is 2. The summed E-state index contributed by atoms with van der Waals surface area (Å²) in [5, 5.41) is 18.6. The van der Waals surface area contributed by atoms with Gasteiger partial charge in [-0.3, -0.25) is 4.98 Å². The summed E-state index contributed by atoms with van der Waals surface area (Å²) in [6, 6.07) is 1.35. The maximum Gasteiger partial charge on any atom is 0.235 e. The van der Waals surface area contributed by atoms with Gasteiger partial charge in [-0.25, -0.2) is 0 Å². The third-order valence-electron chi connectivity index (χ3n) is 3.01. The van der Waals surface area contributed by atoms with Gasteiger partial charge in [0.15, 0.2) is 17.9 Å². The summed E-state index contributed by atoms with van der Waals surface area (Å²) in [5.41, 5.74) is 0. The average molecular weight is 227 g/mol. The number of aromatic hydroxyl groups is 2. The van der Waals surface area contributed by atoms with Crippen molar-refractivity contribution < 1.29 is 24.4 Å². The van der Waals surface area contributed by atoms with E-state index < -0.39 is 0 Å². The Kier molecular flexibility index (Phi) is 2.19. The molecule has 2 aliphatic rings. The molecule has 3 rings (SSSR count). The summed E-state index contributed by atoms with van der Waals surface area (Å²) in [6.45, 7) is 1.13. The molecule has 2 saturated heterocycles. The molecule has 2 fully saturated rings. The van der Waals surface area contributed by atoms with Gasteiger partial charge in [-0.05, 0) is 6.42 Å². The van der Waals surface area contributed by atoms with E-state index in [1.807, 2.05) is 0 Å². The second-order valence-electron chi connectivity index (χ2n) is 4.05. The Balaban J connectivity index is 1.73. The molecular formula is C10H13NO5. The van der Waals surface area contributed by atoms with Crippen LogP contribution >= 0.6 is 0 Å². The molecule has 0 amide bonds. The molecule has 2 aliphatic heterocycles. The van der Waals surface area contributed by atoms with E-state index in [1.54, 1.807) is 0 Å². The fourth-order valence-electron chi connectivity index (χ4n) is 2.21. The zero-order valence-corrected chi connectivity index (χ0v) is 8.55. The Morgan fingerprint density at radius 3 is 3.00 bits per heavy atom. The Labute approximate surface area is 91.7 Å². The molecular weight excluding hydrogens is 214 g/mol. The van der Waals surface area contributed by atoms with Gasteiger partial charge >= 0.3 is 0 Å². The van der Waals surface area contributed by atoms with Crippen molar-refractivity contribution in [2.24, 2.45) is 5.92 Å². The van der Waals surface area contributed by atoms with Crippen LogP contribution in [0.25, 0.3) is 0 Å². The van der Waals surface area contributed by atoms with Gasteiger partial charge in [0.2, 0.25) is 5.88 Å². The molecule has 1 unspecified atom stereocenters. The summed E-state index contributed by atoms with van der Waals surface area (Å²) in [6.07, 6.45) is 0.584. The Bertz CT molecular complexity index is 391. The van der Waals surface area contributed by atoms with Crippen LogP contribution in [0.5, 0.6) is 17.5 Å². The minimum absolute atomic E-state index is 0.120. The topological polar surface area (TPSA) is 83.9 Å². The monoisotopic (exact) mass is 227 g/mol. The highest BCUT2D eigenvalue weighted by molar-refractivity contribution is 5.39. The highest BCUT2D eigenvalue weighted by Crippen LogP contribution is 2.37. The van der Waals surface area contributed by atoms with Crippen LogP contribution in [0.1, 0.15) is 6.42 Å². The standard InChI is InChI=1S/C10H13NO5/c12-8-3-6(9(13)11-8)16-7-4-15-10-5(7)1-2-14-10/h3,5,7,10-13H,1-2,4H2/t5-,7?,10+/m0/s1. The quantitative estimate of drug-likeness (QED) is 0.687. The summed E-state index contributed by atoms with van der Waals surface area (Å²) in [7, 11) is 0. The molecule has 3 N–H and O–H groups in total. The molecule has 0 aliphatic carbocycles. The first-order valence-electron chi connectivity index (χ1n) is 5.25. The van der Waals surface area contributed by atoms with Gasteiger partial charge in [-0.15, -0.1) is 0 Å². The second kappa shape index (κ2) is 3.57. The van der Waals surface area contributed by atoms with Crippen LogP contribution < -0.4 is 4.74 Å². The number of H-pyrrole nitrogens is 1. The molecule has 0 bridgehead atoms. The summed E-state index contributed by atoms with van der Waals surface area (Å²) < 4.78 is 16.4. The van der Waals surface area contributed by atoms with E-state index in [0.717, 1.165) is 6.42 Å². The second-order valence-corrected chi connectivity index (χ2v) is 4.05. The highest BCUT2D eigenvalue weighted by Gasteiger charge is 2.43. The molecule has 0 radical (unpaired) electrons. The molecule has 3 heterocycles. The Morgan fingerprint density at radius 1 is 1.38 bits per heavy atom. The maximum absolute atomic E-state index is 9.42. The fourth-order valence-corrected chi connectivity index (χ4v) is 2.21. The molecule has 0 saturated carbocycles. The minimum atomic E-state index is -0.181. The van der Waals surface area contributed by atoms with E-state index in [-0.39, 0.29) is 35.8 Å². The molecule has 6 heteroatoms. The van der Waals surface area contributed by atoms with Gasteiger partial charge < -0.3 is 24.4 Å². The highest BCUT2D eigenvalue weighted by atomic mass is 16.7. The number of nitrogens with one attached hydrogen (secondary N) is 1. The van der Waals surface area contributed by atoms with E-state index in [4.69, 9.17) is 19.3 Å². The van der Waals surface area contributed by atoms with E-state index in [9.17, 15) is 5.11 Å². The van der Waals surface area contributed by atoms with Gasteiger partial charge in [0.25, 0.3) is 0 Å². The smallest absolute Gasteiger partial charge is 0.235 e. The normalized spacial score (nSPS) is 32.9. The zero-order valence-electron chi connectivity index (χ0n) is 8.55. The van der Waals surface area contributed by atoms with E-state index in [2.05, 4.69) is 4.98 Å². The van der Waals surface area contributed by atoms with Crippen LogP contribution in [0.2, 0.25) is 0 Å². The number of hydrogen-bond donors (Lipinski definition) is 3. The number of aromatic amines is 1. The molecule has 1 aromatic rings. The molecule has 1 aromatic heterocycles. The molecule has 88 valence electrons. The van der Waals surface area contributed by atoms with Crippen LogP contribution in [-0.4, -0.2) is 40.8 Å². The lowest BCUT2D eigenvalue weighted by molar-refractivity contribution is -0.0906. The van der Waals surface area contributed by atoms with Crippen molar-refractivity contribution in [2.75, 3.05) is 13.2 Å². The number of fused-ring (bicyclic) bond motifs is 1.